The number of carbonyl (C=O) groups excluding carboxylic acids is 1. The van der Waals surface area contributed by atoms with E-state index in [9.17, 15) is 4.79 Å². The number of hydrogen-bond acceptors (Lipinski definition) is 3. The van der Waals surface area contributed by atoms with Crippen molar-refractivity contribution in [2.75, 3.05) is 6.61 Å². The van der Waals surface area contributed by atoms with Crippen LogP contribution in [-0.4, -0.2) is 18.9 Å². The summed E-state index contributed by atoms with van der Waals surface area (Å²) in [6.45, 7) is -0.0324. The van der Waals surface area contributed by atoms with Gasteiger partial charge in [0.1, 0.15) is 6.61 Å². The molecular formula is C3H6N2O2. The summed E-state index contributed by atoms with van der Waals surface area (Å²) in [5.41, 5.74) is 4.51. The third-order valence-corrected chi connectivity index (χ3v) is 0.309. The van der Waals surface area contributed by atoms with Crippen molar-refractivity contribution < 1.29 is 9.53 Å². The Morgan fingerprint density at radius 3 is 2.71 bits per heavy atom. The summed E-state index contributed by atoms with van der Waals surface area (Å²) < 4.78 is 4.09. The highest BCUT2D eigenvalue weighted by atomic mass is 16.5. The fraction of sp³-hybridized carbons (Fsp3) is 0.333. The molecule has 0 saturated heterocycles. The van der Waals surface area contributed by atoms with E-state index >= 15 is 0 Å². The molecule has 0 unspecified atom stereocenters. The second-order valence-corrected chi connectivity index (χ2v) is 0.834. The van der Waals surface area contributed by atoms with Crippen molar-refractivity contribution in [2.45, 2.75) is 0 Å². The van der Waals surface area contributed by atoms with Crippen molar-refractivity contribution >= 4 is 12.3 Å². The number of hydrogen-bond donors (Lipinski definition) is 2. The standard InChI is InChI=1S/C3H6N2O2/c4-1-2-7-3(5)6/h1,4H,2H2,(H2,5,6). The molecular weight excluding hydrogens is 96.0 g/mol. The highest BCUT2D eigenvalue weighted by Crippen LogP contribution is 1.65. The molecule has 0 aromatic carbocycles. The van der Waals surface area contributed by atoms with E-state index in [4.69, 9.17) is 5.41 Å². The van der Waals surface area contributed by atoms with Crippen molar-refractivity contribution in [2.24, 2.45) is 5.73 Å². The van der Waals surface area contributed by atoms with Crippen LogP contribution in [-0.2, 0) is 4.74 Å². The molecule has 0 heterocycles. The summed E-state index contributed by atoms with van der Waals surface area (Å²) >= 11 is 0. The summed E-state index contributed by atoms with van der Waals surface area (Å²) in [6, 6.07) is 0. The molecule has 4 nitrogen and oxygen atoms in total. The SMILES string of the molecule is N=CCOC(N)=O. The summed E-state index contributed by atoms with van der Waals surface area (Å²) in [4.78, 5) is 9.65. The van der Waals surface area contributed by atoms with E-state index in [0.717, 1.165) is 6.21 Å². The number of carbonyl (C=O) groups is 1. The normalized spacial score (nSPS) is 7.43. The zero-order valence-corrected chi connectivity index (χ0v) is 3.68. The molecule has 0 aliphatic rings. The van der Waals surface area contributed by atoms with Crippen LogP contribution in [0.15, 0.2) is 0 Å². The van der Waals surface area contributed by atoms with Gasteiger partial charge in [0.15, 0.2) is 0 Å². The third kappa shape index (κ3) is 4.94. The Morgan fingerprint density at radius 2 is 2.57 bits per heavy atom. The summed E-state index contributed by atoms with van der Waals surface area (Å²) in [5.74, 6) is 0. The van der Waals surface area contributed by atoms with Gasteiger partial charge in [-0.05, 0) is 0 Å². The van der Waals surface area contributed by atoms with Gasteiger partial charge in [-0.1, -0.05) is 0 Å². The van der Waals surface area contributed by atoms with Gasteiger partial charge in [-0.3, -0.25) is 0 Å². The molecule has 4 heteroatoms. The smallest absolute Gasteiger partial charge is 0.404 e. The largest absolute Gasteiger partial charge is 0.444 e. The molecule has 0 spiro atoms. The zero-order chi connectivity index (χ0) is 5.70. The molecule has 40 valence electrons. The van der Waals surface area contributed by atoms with E-state index in [1.165, 1.54) is 0 Å². The Bertz CT molecular complexity index is 81.0. The van der Waals surface area contributed by atoms with Crippen molar-refractivity contribution in [3.8, 4) is 0 Å². The molecule has 0 atom stereocenters. The van der Waals surface area contributed by atoms with Gasteiger partial charge in [-0.25, -0.2) is 4.79 Å². The Kier molecular flexibility index (Phi) is 2.67. The first-order valence-corrected chi connectivity index (χ1v) is 1.68. The van der Waals surface area contributed by atoms with E-state index in [1.54, 1.807) is 0 Å². The fourth-order valence-electron chi connectivity index (χ4n) is 0.124. The van der Waals surface area contributed by atoms with Crippen LogP contribution in [0.5, 0.6) is 0 Å². The lowest BCUT2D eigenvalue weighted by atomic mass is 10.8. The van der Waals surface area contributed by atoms with Crippen LogP contribution in [0.1, 0.15) is 0 Å². The van der Waals surface area contributed by atoms with Crippen molar-refractivity contribution in [3.05, 3.63) is 0 Å². The maximum absolute atomic E-state index is 9.65. The average molecular weight is 102 g/mol. The van der Waals surface area contributed by atoms with Crippen molar-refractivity contribution in [1.82, 2.24) is 0 Å². The maximum atomic E-state index is 9.65. The third-order valence-electron chi connectivity index (χ3n) is 0.309. The van der Waals surface area contributed by atoms with E-state index in [0.29, 0.717) is 0 Å². The molecule has 3 N–H and O–H groups in total. The molecule has 0 radical (unpaired) electrons. The number of nitrogens with two attached hydrogens (primary N) is 1. The number of nitrogens with one attached hydrogen (secondary N) is 1. The van der Waals surface area contributed by atoms with Gasteiger partial charge in [-0.2, -0.15) is 0 Å². The molecule has 0 fully saturated rings. The van der Waals surface area contributed by atoms with Gasteiger partial charge in [-0.15, -0.1) is 0 Å². The zero-order valence-electron chi connectivity index (χ0n) is 3.68. The average Bonchev–Trinajstić information content (AvgIpc) is 1.61. The molecule has 0 bridgehead atoms. The highest BCUT2D eigenvalue weighted by molar-refractivity contribution is 5.67. The summed E-state index contributed by atoms with van der Waals surface area (Å²) in [7, 11) is 0. The van der Waals surface area contributed by atoms with Gasteiger partial charge in [0, 0.05) is 6.21 Å². The second kappa shape index (κ2) is 3.14. The number of amides is 1. The quantitative estimate of drug-likeness (QED) is 0.471. The Morgan fingerprint density at radius 1 is 2.00 bits per heavy atom. The maximum Gasteiger partial charge on any atom is 0.404 e. The summed E-state index contributed by atoms with van der Waals surface area (Å²) in [5, 5.41) is 6.34. The number of ether oxygens (including phenoxy) is 1. The molecule has 0 aromatic heterocycles. The van der Waals surface area contributed by atoms with Crippen LogP contribution < -0.4 is 5.73 Å². The van der Waals surface area contributed by atoms with Gasteiger partial charge in [0.25, 0.3) is 0 Å². The molecule has 0 aliphatic heterocycles. The first-order chi connectivity index (χ1) is 3.27. The van der Waals surface area contributed by atoms with Gasteiger partial charge in [0.05, 0.1) is 0 Å². The number of primary amides is 1. The fourth-order valence-corrected chi connectivity index (χ4v) is 0.124. The highest BCUT2D eigenvalue weighted by Gasteiger charge is 1.84. The monoisotopic (exact) mass is 102 g/mol. The molecule has 7 heavy (non-hydrogen) atoms. The number of rotatable bonds is 2. The van der Waals surface area contributed by atoms with Crippen molar-refractivity contribution in [1.29, 1.82) is 5.41 Å². The van der Waals surface area contributed by atoms with Crippen LogP contribution in [0, 0.1) is 5.41 Å². The van der Waals surface area contributed by atoms with E-state index in [1.807, 2.05) is 0 Å². The second-order valence-electron chi connectivity index (χ2n) is 0.834. The van der Waals surface area contributed by atoms with Crippen LogP contribution >= 0.6 is 0 Å². The predicted octanol–water partition coefficient (Wildman–Crippen LogP) is -0.269. The first-order valence-electron chi connectivity index (χ1n) is 1.68. The van der Waals surface area contributed by atoms with Crippen molar-refractivity contribution in [3.63, 3.8) is 0 Å². The lowest BCUT2D eigenvalue weighted by molar-refractivity contribution is 0.173. The minimum atomic E-state index is -0.844. The van der Waals surface area contributed by atoms with E-state index in [2.05, 4.69) is 10.5 Å². The molecule has 0 aliphatic carbocycles. The van der Waals surface area contributed by atoms with Gasteiger partial charge < -0.3 is 15.9 Å². The molecule has 0 rings (SSSR count). The lowest BCUT2D eigenvalue weighted by Crippen LogP contribution is -2.13. The lowest BCUT2D eigenvalue weighted by Gasteiger charge is -1.89. The van der Waals surface area contributed by atoms with Crippen LogP contribution in [0.25, 0.3) is 0 Å². The predicted molar refractivity (Wildman–Crippen MR) is 24.3 cm³/mol. The van der Waals surface area contributed by atoms with E-state index < -0.39 is 6.09 Å². The molecule has 1 amide bonds. The Labute approximate surface area is 40.8 Å². The van der Waals surface area contributed by atoms with Gasteiger partial charge in [0.2, 0.25) is 0 Å². The van der Waals surface area contributed by atoms with Crippen LogP contribution in [0.4, 0.5) is 4.79 Å². The van der Waals surface area contributed by atoms with Crippen LogP contribution in [0.2, 0.25) is 0 Å². The van der Waals surface area contributed by atoms with E-state index in [-0.39, 0.29) is 6.61 Å². The Balaban J connectivity index is 2.97. The minimum absolute atomic E-state index is 0.0324. The summed E-state index contributed by atoms with van der Waals surface area (Å²) in [6.07, 6.45) is 0.105. The Hall–Kier alpha value is -1.06. The van der Waals surface area contributed by atoms with Crippen LogP contribution in [0.3, 0.4) is 0 Å². The molecule has 0 saturated carbocycles. The minimum Gasteiger partial charge on any atom is -0.444 e. The topological polar surface area (TPSA) is 76.2 Å². The molecule has 0 aromatic rings. The van der Waals surface area contributed by atoms with Gasteiger partial charge >= 0.3 is 6.09 Å². The first kappa shape index (κ1) is 5.94.